The molecule has 0 radical (unpaired) electrons. The molecule has 1 aliphatic rings. The van der Waals surface area contributed by atoms with Crippen molar-refractivity contribution in [3.63, 3.8) is 0 Å². The summed E-state index contributed by atoms with van der Waals surface area (Å²) in [4.78, 5) is 0. The van der Waals surface area contributed by atoms with Gasteiger partial charge in [-0.3, -0.25) is 13.6 Å². The molecule has 16 heavy (non-hydrogen) atoms. The molecule has 4 nitrogen and oxygen atoms in total. The van der Waals surface area contributed by atoms with Crippen molar-refractivity contribution in [3.8, 4) is 0 Å². The highest BCUT2D eigenvalue weighted by Crippen LogP contribution is 2.51. The van der Waals surface area contributed by atoms with Gasteiger partial charge >= 0.3 is 7.82 Å². The molecule has 0 spiro atoms. The Morgan fingerprint density at radius 1 is 1.31 bits per heavy atom. The lowest BCUT2D eigenvalue weighted by molar-refractivity contribution is 0.0602. The van der Waals surface area contributed by atoms with E-state index in [0.717, 1.165) is 12.8 Å². The van der Waals surface area contributed by atoms with Crippen LogP contribution in [-0.4, -0.2) is 19.8 Å². The third-order valence-electron chi connectivity index (χ3n) is 3.12. The fourth-order valence-corrected chi connectivity index (χ4v) is 3.33. The Balaban J connectivity index is 2.47. The van der Waals surface area contributed by atoms with Gasteiger partial charge < -0.3 is 0 Å². The van der Waals surface area contributed by atoms with Gasteiger partial charge in [0, 0.05) is 7.11 Å². The number of hydrogen-bond donors (Lipinski definition) is 0. The molecular weight excluding hydrogens is 227 g/mol. The maximum Gasteiger partial charge on any atom is 0.474 e. The van der Waals surface area contributed by atoms with Crippen LogP contribution in [0.25, 0.3) is 0 Å². The van der Waals surface area contributed by atoms with E-state index < -0.39 is 7.82 Å². The molecule has 96 valence electrons. The van der Waals surface area contributed by atoms with E-state index in [4.69, 9.17) is 13.6 Å². The molecule has 2 unspecified atom stereocenters. The minimum atomic E-state index is -3.32. The molecule has 1 rings (SSSR count). The topological polar surface area (TPSA) is 44.8 Å². The Hall–Kier alpha value is 0.110. The minimum Gasteiger partial charge on any atom is -0.290 e. The van der Waals surface area contributed by atoms with E-state index >= 15 is 0 Å². The normalized spacial score (nSPS) is 23.9. The maximum atomic E-state index is 12.0. The van der Waals surface area contributed by atoms with E-state index in [2.05, 4.69) is 0 Å². The standard InChI is InChI=1S/C11H23O4P/c1-4-14-16(12,13-3)15-10(2)11-8-6-5-7-9-11/h10-11H,4-9H2,1-3H3. The van der Waals surface area contributed by atoms with Crippen LogP contribution in [0.2, 0.25) is 0 Å². The SMILES string of the molecule is CCOP(=O)(OC)OC(C)C1CCCCC1. The summed E-state index contributed by atoms with van der Waals surface area (Å²) in [5, 5.41) is 0. The summed E-state index contributed by atoms with van der Waals surface area (Å²) in [6.07, 6.45) is 6.02. The first-order valence-corrected chi connectivity index (χ1v) is 7.56. The number of phosphoric ester groups is 1. The summed E-state index contributed by atoms with van der Waals surface area (Å²) in [7, 11) is -1.96. The van der Waals surface area contributed by atoms with Gasteiger partial charge in [-0.1, -0.05) is 19.3 Å². The van der Waals surface area contributed by atoms with Crippen LogP contribution < -0.4 is 0 Å². The van der Waals surface area contributed by atoms with Crippen LogP contribution >= 0.6 is 7.82 Å². The molecule has 1 aliphatic carbocycles. The average Bonchev–Trinajstić information content (AvgIpc) is 2.30. The molecule has 0 bridgehead atoms. The largest absolute Gasteiger partial charge is 0.474 e. The van der Waals surface area contributed by atoms with Crippen LogP contribution in [-0.2, 0) is 18.1 Å². The molecule has 0 N–H and O–H groups in total. The van der Waals surface area contributed by atoms with Crippen molar-refractivity contribution in [3.05, 3.63) is 0 Å². The molecule has 5 heteroatoms. The highest BCUT2D eigenvalue weighted by atomic mass is 31.2. The average molecular weight is 250 g/mol. The van der Waals surface area contributed by atoms with E-state index in [0.29, 0.717) is 12.5 Å². The van der Waals surface area contributed by atoms with Gasteiger partial charge in [-0.05, 0) is 32.6 Å². The molecule has 0 amide bonds. The molecular formula is C11H23O4P. The van der Waals surface area contributed by atoms with Gasteiger partial charge in [-0.15, -0.1) is 0 Å². The quantitative estimate of drug-likeness (QED) is 0.673. The van der Waals surface area contributed by atoms with Crippen molar-refractivity contribution in [2.24, 2.45) is 5.92 Å². The third kappa shape index (κ3) is 4.17. The zero-order chi connectivity index (χ0) is 12.0. The molecule has 1 saturated carbocycles. The van der Waals surface area contributed by atoms with Crippen LogP contribution in [0, 0.1) is 5.92 Å². The van der Waals surface area contributed by atoms with Gasteiger partial charge in [0.2, 0.25) is 0 Å². The summed E-state index contributed by atoms with van der Waals surface area (Å²) < 4.78 is 27.3. The first-order valence-electron chi connectivity index (χ1n) is 6.10. The predicted molar refractivity (Wildman–Crippen MR) is 63.4 cm³/mol. The summed E-state index contributed by atoms with van der Waals surface area (Å²) in [5.41, 5.74) is 0. The molecule has 0 aromatic rings. The fraction of sp³-hybridized carbons (Fsp3) is 1.00. The third-order valence-corrected chi connectivity index (χ3v) is 4.73. The Bertz CT molecular complexity index is 238. The summed E-state index contributed by atoms with van der Waals surface area (Å²) >= 11 is 0. The van der Waals surface area contributed by atoms with Gasteiger partial charge in [0.25, 0.3) is 0 Å². The van der Waals surface area contributed by atoms with E-state index in [-0.39, 0.29) is 6.10 Å². The summed E-state index contributed by atoms with van der Waals surface area (Å²) in [6.45, 7) is 4.07. The van der Waals surface area contributed by atoms with Gasteiger partial charge in [0.1, 0.15) is 0 Å². The lowest BCUT2D eigenvalue weighted by atomic mass is 9.86. The van der Waals surface area contributed by atoms with Crippen molar-refractivity contribution in [1.29, 1.82) is 0 Å². The Morgan fingerprint density at radius 2 is 1.94 bits per heavy atom. The monoisotopic (exact) mass is 250 g/mol. The summed E-state index contributed by atoms with van der Waals surface area (Å²) in [6, 6.07) is 0. The molecule has 0 aliphatic heterocycles. The zero-order valence-corrected chi connectivity index (χ0v) is 11.4. The van der Waals surface area contributed by atoms with Crippen LogP contribution in [0.4, 0.5) is 0 Å². The van der Waals surface area contributed by atoms with Crippen LogP contribution in [0.15, 0.2) is 0 Å². The molecule has 0 aromatic heterocycles. The number of phosphoric acid groups is 1. The first-order chi connectivity index (χ1) is 7.61. The van der Waals surface area contributed by atoms with Crippen molar-refractivity contribution in [2.75, 3.05) is 13.7 Å². The van der Waals surface area contributed by atoms with Gasteiger partial charge in [-0.2, -0.15) is 0 Å². The molecule has 0 heterocycles. The first kappa shape index (κ1) is 14.2. The van der Waals surface area contributed by atoms with Crippen molar-refractivity contribution < 1.29 is 18.1 Å². The van der Waals surface area contributed by atoms with Crippen LogP contribution in [0.1, 0.15) is 46.0 Å². The second-order valence-corrected chi connectivity index (χ2v) is 5.98. The highest BCUT2D eigenvalue weighted by molar-refractivity contribution is 7.48. The van der Waals surface area contributed by atoms with Crippen molar-refractivity contribution in [1.82, 2.24) is 0 Å². The Morgan fingerprint density at radius 3 is 2.44 bits per heavy atom. The predicted octanol–water partition coefficient (Wildman–Crippen LogP) is 3.76. The minimum absolute atomic E-state index is 0.0577. The number of rotatable bonds is 6. The van der Waals surface area contributed by atoms with Crippen molar-refractivity contribution in [2.45, 2.75) is 52.1 Å². The molecule has 2 atom stereocenters. The van der Waals surface area contributed by atoms with Gasteiger partial charge in [-0.25, -0.2) is 4.57 Å². The summed E-state index contributed by atoms with van der Waals surface area (Å²) in [5.74, 6) is 0.484. The zero-order valence-electron chi connectivity index (χ0n) is 10.5. The second kappa shape index (κ2) is 6.75. The van der Waals surface area contributed by atoms with E-state index in [9.17, 15) is 4.57 Å². The fourth-order valence-electron chi connectivity index (χ4n) is 2.18. The number of hydrogen-bond acceptors (Lipinski definition) is 4. The van der Waals surface area contributed by atoms with Crippen LogP contribution in [0.5, 0.6) is 0 Å². The molecule has 0 aromatic carbocycles. The smallest absolute Gasteiger partial charge is 0.290 e. The van der Waals surface area contributed by atoms with Gasteiger partial charge in [0.05, 0.1) is 12.7 Å². The lowest BCUT2D eigenvalue weighted by Crippen LogP contribution is -2.22. The van der Waals surface area contributed by atoms with Crippen LogP contribution in [0.3, 0.4) is 0 Å². The maximum absolute atomic E-state index is 12.0. The molecule has 1 fully saturated rings. The Kier molecular flexibility index (Phi) is 5.98. The Labute approximate surface area is 98.3 Å². The highest BCUT2D eigenvalue weighted by Gasteiger charge is 2.31. The van der Waals surface area contributed by atoms with E-state index in [1.54, 1.807) is 6.92 Å². The second-order valence-electron chi connectivity index (χ2n) is 4.26. The van der Waals surface area contributed by atoms with E-state index in [1.165, 1.54) is 26.4 Å². The van der Waals surface area contributed by atoms with Gasteiger partial charge in [0.15, 0.2) is 0 Å². The lowest BCUT2D eigenvalue weighted by Gasteiger charge is -2.29. The van der Waals surface area contributed by atoms with Crippen molar-refractivity contribution >= 4 is 7.82 Å². The molecule has 0 saturated heterocycles. The van der Waals surface area contributed by atoms with E-state index in [1.807, 2.05) is 6.92 Å².